The lowest BCUT2D eigenvalue weighted by Crippen LogP contribution is -2.14. The fourth-order valence-corrected chi connectivity index (χ4v) is 0.457. The van der Waals surface area contributed by atoms with Crippen molar-refractivity contribution in [2.75, 3.05) is 6.61 Å². The van der Waals surface area contributed by atoms with Gasteiger partial charge in [0, 0.05) is 0 Å². The first-order valence-electron chi connectivity index (χ1n) is 3.29. The molecule has 5 heteroatoms. The minimum atomic E-state index is -4.27. The number of carbonyl (C=O) groups excluding carboxylic acids is 1. The summed E-state index contributed by atoms with van der Waals surface area (Å²) in [6.45, 7) is 2.62. The van der Waals surface area contributed by atoms with Crippen LogP contribution < -0.4 is 0 Å². The molecule has 0 rings (SSSR count). The molecule has 0 radical (unpaired) electrons. The van der Waals surface area contributed by atoms with Crippen LogP contribution in [-0.4, -0.2) is 18.8 Å². The van der Waals surface area contributed by atoms with Crippen LogP contribution >= 0.6 is 0 Å². The maximum atomic E-state index is 11.5. The van der Waals surface area contributed by atoms with E-state index in [0.717, 1.165) is 0 Å². The molecule has 0 aliphatic rings. The van der Waals surface area contributed by atoms with Gasteiger partial charge in [-0.25, -0.2) is 0 Å². The third-order valence-electron chi connectivity index (χ3n) is 0.960. The molecule has 0 aromatic rings. The summed E-state index contributed by atoms with van der Waals surface area (Å²) >= 11 is 0. The van der Waals surface area contributed by atoms with Crippen molar-refractivity contribution < 1.29 is 22.7 Å². The Morgan fingerprint density at radius 2 is 2.08 bits per heavy atom. The van der Waals surface area contributed by atoms with E-state index in [9.17, 15) is 18.0 Å². The molecule has 0 bridgehead atoms. The molecule has 0 N–H and O–H groups in total. The van der Waals surface area contributed by atoms with Crippen LogP contribution in [0.25, 0.3) is 0 Å². The molecule has 0 unspecified atom stereocenters. The first kappa shape index (κ1) is 11.0. The van der Waals surface area contributed by atoms with Crippen LogP contribution in [-0.2, 0) is 9.53 Å². The molecule has 0 amide bonds. The summed E-state index contributed by atoms with van der Waals surface area (Å²) in [4.78, 5) is 10.5. The van der Waals surface area contributed by atoms with Crippen molar-refractivity contribution in [2.45, 2.75) is 19.0 Å². The summed E-state index contributed by atoms with van der Waals surface area (Å²) in [5.74, 6) is -0.686. The number of ether oxygens (including phenoxy) is 1. The fourth-order valence-electron chi connectivity index (χ4n) is 0.457. The Hall–Kier alpha value is -1.00. The maximum absolute atomic E-state index is 11.5. The van der Waals surface area contributed by atoms with Gasteiger partial charge in [0.05, 0.1) is 19.4 Å². The zero-order valence-electron chi connectivity index (χ0n) is 6.36. The lowest BCUT2D eigenvalue weighted by Gasteiger charge is -2.05. The summed E-state index contributed by atoms with van der Waals surface area (Å²) in [6.07, 6.45) is -4.15. The third-order valence-corrected chi connectivity index (χ3v) is 0.960. The standard InChI is InChI=1S/C7H9F3O2/c1-2-3-6(11)12-5-4-7(8,9)10/h2H,1,3-5H2. The molecule has 12 heavy (non-hydrogen) atoms. The second kappa shape index (κ2) is 4.79. The molecule has 0 saturated carbocycles. The molecule has 0 heterocycles. The Morgan fingerprint density at radius 3 is 2.50 bits per heavy atom. The van der Waals surface area contributed by atoms with Crippen molar-refractivity contribution >= 4 is 5.97 Å². The zero-order valence-corrected chi connectivity index (χ0v) is 6.36. The van der Waals surface area contributed by atoms with Gasteiger partial charge < -0.3 is 4.74 Å². The highest BCUT2D eigenvalue weighted by molar-refractivity contribution is 5.70. The van der Waals surface area contributed by atoms with E-state index in [4.69, 9.17) is 0 Å². The molecule has 0 aromatic carbocycles. The first-order valence-corrected chi connectivity index (χ1v) is 3.29. The molecule has 0 fully saturated rings. The van der Waals surface area contributed by atoms with Gasteiger partial charge in [-0.2, -0.15) is 13.2 Å². The molecular weight excluding hydrogens is 173 g/mol. The summed E-state index contributed by atoms with van der Waals surface area (Å²) < 4.78 is 38.7. The molecule has 0 spiro atoms. The van der Waals surface area contributed by atoms with Gasteiger partial charge in [0.1, 0.15) is 0 Å². The molecule has 0 aliphatic carbocycles. The summed E-state index contributed by atoms with van der Waals surface area (Å²) in [5, 5.41) is 0. The number of halogens is 3. The molecule has 2 nitrogen and oxygen atoms in total. The van der Waals surface area contributed by atoms with E-state index < -0.39 is 25.2 Å². The average molecular weight is 182 g/mol. The van der Waals surface area contributed by atoms with Gasteiger partial charge in [-0.3, -0.25) is 4.79 Å². The number of alkyl halides is 3. The van der Waals surface area contributed by atoms with Gasteiger partial charge in [0.2, 0.25) is 0 Å². The fraction of sp³-hybridized carbons (Fsp3) is 0.571. The number of esters is 1. The van der Waals surface area contributed by atoms with Crippen LogP contribution in [0, 0.1) is 0 Å². The smallest absolute Gasteiger partial charge is 0.392 e. The quantitative estimate of drug-likeness (QED) is 0.491. The number of rotatable bonds is 4. The van der Waals surface area contributed by atoms with E-state index in [1.807, 2.05) is 0 Å². The molecule has 0 atom stereocenters. The second-order valence-corrected chi connectivity index (χ2v) is 2.08. The normalized spacial score (nSPS) is 10.9. The van der Waals surface area contributed by atoms with E-state index in [1.54, 1.807) is 0 Å². The highest BCUT2D eigenvalue weighted by Gasteiger charge is 2.27. The van der Waals surface area contributed by atoms with E-state index in [0.29, 0.717) is 0 Å². The topological polar surface area (TPSA) is 26.3 Å². The lowest BCUT2D eigenvalue weighted by atomic mass is 10.4. The van der Waals surface area contributed by atoms with Crippen molar-refractivity contribution in [2.24, 2.45) is 0 Å². The Bertz CT molecular complexity index is 163. The first-order chi connectivity index (χ1) is 5.45. The van der Waals surface area contributed by atoms with Gasteiger partial charge in [-0.1, -0.05) is 6.08 Å². The van der Waals surface area contributed by atoms with Gasteiger partial charge in [0.25, 0.3) is 0 Å². The monoisotopic (exact) mass is 182 g/mol. The number of hydrogen-bond donors (Lipinski definition) is 0. The highest BCUT2D eigenvalue weighted by Crippen LogP contribution is 2.18. The van der Waals surface area contributed by atoms with Gasteiger partial charge in [0.15, 0.2) is 0 Å². The third kappa shape index (κ3) is 7.11. The number of hydrogen-bond acceptors (Lipinski definition) is 2. The number of carbonyl (C=O) groups is 1. The van der Waals surface area contributed by atoms with Crippen LogP contribution in [0.5, 0.6) is 0 Å². The maximum Gasteiger partial charge on any atom is 0.392 e. The van der Waals surface area contributed by atoms with Crippen LogP contribution in [0.2, 0.25) is 0 Å². The van der Waals surface area contributed by atoms with Crippen molar-refractivity contribution in [1.29, 1.82) is 0 Å². The average Bonchev–Trinajstić information content (AvgIpc) is 1.84. The van der Waals surface area contributed by atoms with Crippen LogP contribution in [0.3, 0.4) is 0 Å². The lowest BCUT2D eigenvalue weighted by molar-refractivity contribution is -0.158. The van der Waals surface area contributed by atoms with Crippen molar-refractivity contribution in [3.63, 3.8) is 0 Å². The van der Waals surface area contributed by atoms with Crippen LogP contribution in [0.15, 0.2) is 12.7 Å². The van der Waals surface area contributed by atoms with E-state index >= 15 is 0 Å². The van der Waals surface area contributed by atoms with E-state index in [2.05, 4.69) is 11.3 Å². The Morgan fingerprint density at radius 1 is 1.50 bits per heavy atom. The predicted octanol–water partition coefficient (Wildman–Crippen LogP) is 2.06. The minimum Gasteiger partial charge on any atom is -0.465 e. The summed E-state index contributed by atoms with van der Waals surface area (Å²) in [6, 6.07) is 0. The van der Waals surface area contributed by atoms with Gasteiger partial charge >= 0.3 is 12.1 Å². The Labute approximate surface area is 68.0 Å². The molecule has 0 aliphatic heterocycles. The molecule has 0 saturated heterocycles. The van der Waals surface area contributed by atoms with Crippen LogP contribution in [0.4, 0.5) is 13.2 Å². The van der Waals surface area contributed by atoms with Crippen LogP contribution in [0.1, 0.15) is 12.8 Å². The minimum absolute atomic E-state index is 0.0577. The SMILES string of the molecule is C=CCC(=O)OCCC(F)(F)F. The molecule has 70 valence electrons. The van der Waals surface area contributed by atoms with E-state index in [1.165, 1.54) is 6.08 Å². The summed E-state index contributed by atoms with van der Waals surface area (Å²) in [7, 11) is 0. The zero-order chi connectivity index (χ0) is 9.61. The largest absolute Gasteiger partial charge is 0.465 e. The Kier molecular flexibility index (Phi) is 4.39. The van der Waals surface area contributed by atoms with Crippen molar-refractivity contribution in [3.05, 3.63) is 12.7 Å². The predicted molar refractivity (Wildman–Crippen MR) is 36.4 cm³/mol. The van der Waals surface area contributed by atoms with Crippen molar-refractivity contribution in [1.82, 2.24) is 0 Å². The van der Waals surface area contributed by atoms with Crippen molar-refractivity contribution in [3.8, 4) is 0 Å². The van der Waals surface area contributed by atoms with Gasteiger partial charge in [-0.05, 0) is 0 Å². The summed E-state index contributed by atoms with van der Waals surface area (Å²) in [5.41, 5.74) is 0. The van der Waals surface area contributed by atoms with E-state index in [-0.39, 0.29) is 6.42 Å². The molecule has 0 aromatic heterocycles. The highest BCUT2D eigenvalue weighted by atomic mass is 19.4. The molecular formula is C7H9F3O2. The second-order valence-electron chi connectivity index (χ2n) is 2.08. The Balaban J connectivity index is 3.43. The van der Waals surface area contributed by atoms with Gasteiger partial charge in [-0.15, -0.1) is 6.58 Å².